The van der Waals surface area contributed by atoms with Gasteiger partial charge in [0.15, 0.2) is 0 Å². The van der Waals surface area contributed by atoms with Gasteiger partial charge in [-0.2, -0.15) is 0 Å². The van der Waals surface area contributed by atoms with Crippen molar-refractivity contribution in [2.75, 3.05) is 44.2 Å². The molecular weight excluding hydrogens is 379 g/mol. The van der Waals surface area contributed by atoms with Gasteiger partial charge >= 0.3 is 0 Å². The quantitative estimate of drug-likeness (QED) is 0.730. The van der Waals surface area contributed by atoms with Gasteiger partial charge in [-0.15, -0.1) is 0 Å². The Morgan fingerprint density at radius 2 is 1.57 bits per heavy atom. The lowest BCUT2D eigenvalue weighted by molar-refractivity contribution is 0.0663. The molecule has 4 nitrogen and oxygen atoms in total. The molecule has 1 heterocycles. The van der Waals surface area contributed by atoms with Crippen molar-refractivity contribution < 1.29 is 14.2 Å². The third-order valence-electron chi connectivity index (χ3n) is 6.43. The smallest absolute Gasteiger partial charge is 0.123 e. The molecule has 0 aromatic heterocycles. The van der Waals surface area contributed by atoms with Crippen molar-refractivity contribution in [3.05, 3.63) is 59.9 Å². The SMILES string of the molecule is O[C@@H](COc1ccc(C2CCCCC2)cc1)CN1CCN(c2ccc(F)cc2)CC1. The van der Waals surface area contributed by atoms with E-state index in [1.165, 1.54) is 49.8 Å². The van der Waals surface area contributed by atoms with Gasteiger partial charge in [-0.25, -0.2) is 4.39 Å². The van der Waals surface area contributed by atoms with Crippen LogP contribution in [0.2, 0.25) is 0 Å². The summed E-state index contributed by atoms with van der Waals surface area (Å²) in [6, 6.07) is 15.1. The molecule has 2 aromatic carbocycles. The van der Waals surface area contributed by atoms with Crippen molar-refractivity contribution >= 4 is 5.69 Å². The van der Waals surface area contributed by atoms with E-state index in [0.717, 1.165) is 37.6 Å². The van der Waals surface area contributed by atoms with Gasteiger partial charge < -0.3 is 14.7 Å². The number of ether oxygens (including phenoxy) is 1. The second kappa shape index (κ2) is 10.3. The number of benzene rings is 2. The first-order valence-electron chi connectivity index (χ1n) is 11.3. The van der Waals surface area contributed by atoms with Crippen LogP contribution in [0.4, 0.5) is 10.1 Å². The maximum atomic E-state index is 13.1. The first kappa shape index (κ1) is 21.1. The van der Waals surface area contributed by atoms with Crippen LogP contribution in [0.15, 0.2) is 48.5 Å². The Bertz CT molecular complexity index is 767. The van der Waals surface area contributed by atoms with Crippen LogP contribution in [-0.4, -0.2) is 55.4 Å². The average molecular weight is 413 g/mol. The molecular formula is C25H33FN2O2. The van der Waals surface area contributed by atoms with Crippen molar-refractivity contribution in [1.29, 1.82) is 0 Å². The fraction of sp³-hybridized carbons (Fsp3) is 0.520. The monoisotopic (exact) mass is 412 g/mol. The minimum absolute atomic E-state index is 0.205. The Balaban J connectivity index is 1.18. The van der Waals surface area contributed by atoms with Gasteiger partial charge in [0, 0.05) is 38.4 Å². The lowest BCUT2D eigenvalue weighted by atomic mass is 9.84. The van der Waals surface area contributed by atoms with Gasteiger partial charge in [0.05, 0.1) is 0 Å². The van der Waals surface area contributed by atoms with E-state index in [2.05, 4.69) is 21.9 Å². The van der Waals surface area contributed by atoms with Gasteiger partial charge in [0.2, 0.25) is 0 Å². The molecule has 4 rings (SSSR count). The molecule has 1 aliphatic carbocycles. The zero-order chi connectivity index (χ0) is 20.8. The number of aliphatic hydroxyl groups is 1. The summed E-state index contributed by atoms with van der Waals surface area (Å²) in [6.07, 6.45) is 6.14. The molecule has 5 heteroatoms. The van der Waals surface area contributed by atoms with Gasteiger partial charge in [-0.05, 0) is 60.7 Å². The minimum Gasteiger partial charge on any atom is -0.491 e. The maximum Gasteiger partial charge on any atom is 0.123 e. The number of hydrogen-bond donors (Lipinski definition) is 1. The Morgan fingerprint density at radius 1 is 0.900 bits per heavy atom. The Morgan fingerprint density at radius 3 is 2.23 bits per heavy atom. The predicted octanol–water partition coefficient (Wildman–Crippen LogP) is 4.44. The van der Waals surface area contributed by atoms with Crippen molar-refractivity contribution in [2.24, 2.45) is 0 Å². The number of piperazine rings is 1. The Kier molecular flexibility index (Phi) is 7.24. The minimum atomic E-state index is -0.514. The Hall–Kier alpha value is -2.11. The average Bonchev–Trinajstić information content (AvgIpc) is 2.80. The highest BCUT2D eigenvalue weighted by atomic mass is 19.1. The molecule has 2 fully saturated rings. The van der Waals surface area contributed by atoms with Crippen molar-refractivity contribution in [1.82, 2.24) is 4.90 Å². The fourth-order valence-electron chi connectivity index (χ4n) is 4.66. The maximum absolute atomic E-state index is 13.1. The molecule has 0 bridgehead atoms. The molecule has 1 saturated carbocycles. The molecule has 0 spiro atoms. The zero-order valence-electron chi connectivity index (χ0n) is 17.7. The van der Waals surface area contributed by atoms with Crippen molar-refractivity contribution in [3.8, 4) is 5.75 Å². The van der Waals surface area contributed by atoms with Crippen LogP contribution in [0.25, 0.3) is 0 Å². The van der Waals surface area contributed by atoms with Crippen LogP contribution >= 0.6 is 0 Å². The fourth-order valence-corrected chi connectivity index (χ4v) is 4.66. The number of rotatable bonds is 7. The summed E-state index contributed by atoms with van der Waals surface area (Å²) in [5.41, 5.74) is 2.47. The number of hydrogen-bond acceptors (Lipinski definition) is 4. The lowest BCUT2D eigenvalue weighted by Crippen LogP contribution is -2.49. The largest absolute Gasteiger partial charge is 0.491 e. The first-order valence-corrected chi connectivity index (χ1v) is 11.3. The second-order valence-corrected chi connectivity index (χ2v) is 8.63. The number of anilines is 1. The van der Waals surface area contributed by atoms with E-state index in [1.807, 2.05) is 24.3 Å². The van der Waals surface area contributed by atoms with E-state index in [9.17, 15) is 9.50 Å². The molecule has 0 unspecified atom stereocenters. The van der Waals surface area contributed by atoms with E-state index in [4.69, 9.17) is 4.74 Å². The highest BCUT2D eigenvalue weighted by Crippen LogP contribution is 2.33. The van der Waals surface area contributed by atoms with Crippen molar-refractivity contribution in [2.45, 2.75) is 44.1 Å². The summed E-state index contributed by atoms with van der Waals surface area (Å²) in [7, 11) is 0. The van der Waals surface area contributed by atoms with Crippen LogP contribution in [0.1, 0.15) is 43.6 Å². The van der Waals surface area contributed by atoms with E-state index in [0.29, 0.717) is 19.1 Å². The zero-order valence-corrected chi connectivity index (χ0v) is 17.7. The highest BCUT2D eigenvalue weighted by molar-refractivity contribution is 5.46. The molecule has 0 radical (unpaired) electrons. The third kappa shape index (κ3) is 5.73. The molecule has 2 aromatic rings. The summed E-state index contributed by atoms with van der Waals surface area (Å²) >= 11 is 0. The first-order chi connectivity index (χ1) is 14.7. The summed E-state index contributed by atoms with van der Waals surface area (Å²) in [5, 5.41) is 10.4. The summed E-state index contributed by atoms with van der Waals surface area (Å²) in [6.45, 7) is 4.43. The molecule has 1 aliphatic heterocycles. The van der Waals surface area contributed by atoms with Gasteiger partial charge in [-0.3, -0.25) is 4.90 Å². The van der Waals surface area contributed by atoms with Crippen LogP contribution in [0, 0.1) is 5.82 Å². The van der Waals surface area contributed by atoms with E-state index in [1.54, 1.807) is 0 Å². The topological polar surface area (TPSA) is 35.9 Å². The number of nitrogens with zero attached hydrogens (tertiary/aromatic N) is 2. The summed E-state index contributed by atoms with van der Waals surface area (Å²) in [5.74, 6) is 1.32. The Labute approximate surface area is 179 Å². The van der Waals surface area contributed by atoms with Crippen LogP contribution in [-0.2, 0) is 0 Å². The predicted molar refractivity (Wildman–Crippen MR) is 119 cm³/mol. The van der Waals surface area contributed by atoms with E-state index < -0.39 is 6.10 Å². The summed E-state index contributed by atoms with van der Waals surface area (Å²) in [4.78, 5) is 4.52. The van der Waals surface area contributed by atoms with Crippen LogP contribution in [0.5, 0.6) is 5.75 Å². The second-order valence-electron chi connectivity index (χ2n) is 8.63. The van der Waals surface area contributed by atoms with Gasteiger partial charge in [-0.1, -0.05) is 31.4 Å². The van der Waals surface area contributed by atoms with Crippen LogP contribution < -0.4 is 9.64 Å². The normalized spacial score (nSPS) is 19.6. The lowest BCUT2D eigenvalue weighted by Gasteiger charge is -2.36. The highest BCUT2D eigenvalue weighted by Gasteiger charge is 2.20. The molecule has 1 atom stereocenters. The number of aliphatic hydroxyl groups excluding tert-OH is 1. The van der Waals surface area contributed by atoms with E-state index in [-0.39, 0.29) is 5.82 Å². The molecule has 162 valence electrons. The molecule has 2 aliphatic rings. The standard InChI is InChI=1S/C25H33FN2O2/c26-22-8-10-23(11-9-22)28-16-14-27(15-17-28)18-24(29)19-30-25-12-6-21(7-13-25)20-4-2-1-3-5-20/h6-13,20,24,29H,1-5,14-19H2/t24-/m1/s1. The molecule has 1 saturated heterocycles. The molecule has 0 amide bonds. The number of halogens is 1. The van der Waals surface area contributed by atoms with Crippen LogP contribution in [0.3, 0.4) is 0 Å². The van der Waals surface area contributed by atoms with Gasteiger partial charge in [0.25, 0.3) is 0 Å². The third-order valence-corrected chi connectivity index (χ3v) is 6.43. The van der Waals surface area contributed by atoms with E-state index >= 15 is 0 Å². The summed E-state index contributed by atoms with van der Waals surface area (Å²) < 4.78 is 18.9. The molecule has 1 N–H and O–H groups in total. The van der Waals surface area contributed by atoms with Gasteiger partial charge in [0.1, 0.15) is 24.3 Å². The molecule has 30 heavy (non-hydrogen) atoms. The number of β-amino-alcohol motifs (C(OH)–C–C–N with tert-alkyl or cyclic N) is 1. The van der Waals surface area contributed by atoms with Crippen molar-refractivity contribution in [3.63, 3.8) is 0 Å².